The lowest BCUT2D eigenvalue weighted by atomic mass is 9.97. The summed E-state index contributed by atoms with van der Waals surface area (Å²) in [5, 5.41) is 0. The van der Waals surface area contributed by atoms with Gasteiger partial charge >= 0.3 is 0 Å². The van der Waals surface area contributed by atoms with Crippen molar-refractivity contribution in [1.82, 2.24) is 4.31 Å². The fourth-order valence-corrected chi connectivity index (χ4v) is 1.99. The summed E-state index contributed by atoms with van der Waals surface area (Å²) in [6.45, 7) is 7.53. The van der Waals surface area contributed by atoms with Crippen molar-refractivity contribution in [3.05, 3.63) is 0 Å². The molecule has 2 N–H and O–H groups in total. The maximum Gasteiger partial charge on any atom is 0.146 e. The van der Waals surface area contributed by atoms with Crippen molar-refractivity contribution in [3.63, 3.8) is 0 Å². The molecule has 66 valence electrons. The zero-order chi connectivity index (χ0) is 9.07. The van der Waals surface area contributed by atoms with Gasteiger partial charge in [-0.3, -0.25) is 0 Å². The van der Waals surface area contributed by atoms with Crippen LogP contribution in [-0.2, 0) is 0 Å². The third-order valence-electron chi connectivity index (χ3n) is 0.943. The van der Waals surface area contributed by atoms with Crippen molar-refractivity contribution in [1.29, 1.82) is 0 Å². The molecule has 0 aliphatic rings. The van der Waals surface area contributed by atoms with Crippen LogP contribution in [0.5, 0.6) is 0 Å². The Morgan fingerprint density at radius 3 is 2.27 bits per heavy atom. The van der Waals surface area contributed by atoms with E-state index in [9.17, 15) is 0 Å². The maximum atomic E-state index is 5.36. The average Bonchev–Trinajstić information content (AvgIpc) is 1.53. The highest BCUT2D eigenvalue weighted by atomic mass is 32.2. The van der Waals surface area contributed by atoms with Gasteiger partial charge in [0.05, 0.1) is 0 Å². The minimum atomic E-state index is 0.298. The second-order valence-electron chi connectivity index (χ2n) is 3.76. The first kappa shape index (κ1) is 11.2. The van der Waals surface area contributed by atoms with Gasteiger partial charge in [-0.05, 0) is 24.4 Å². The van der Waals surface area contributed by atoms with E-state index in [0.29, 0.717) is 9.74 Å². The van der Waals surface area contributed by atoms with Gasteiger partial charge in [-0.15, -0.1) is 0 Å². The molecule has 0 unspecified atom stereocenters. The Balaban J connectivity index is 3.69. The van der Waals surface area contributed by atoms with E-state index in [4.69, 9.17) is 18.0 Å². The smallest absolute Gasteiger partial charge is 0.146 e. The first-order chi connectivity index (χ1) is 4.81. The SMILES string of the molecule is CN(CC(C)(C)C)SC(N)=S. The largest absolute Gasteiger partial charge is 0.384 e. The average molecular weight is 192 g/mol. The van der Waals surface area contributed by atoms with Gasteiger partial charge in [0.15, 0.2) is 0 Å². The molecule has 0 amide bonds. The van der Waals surface area contributed by atoms with Crippen LogP contribution < -0.4 is 5.73 Å². The zero-order valence-electron chi connectivity index (χ0n) is 7.55. The molecule has 0 spiro atoms. The molecular weight excluding hydrogens is 176 g/mol. The van der Waals surface area contributed by atoms with Crippen molar-refractivity contribution in [2.45, 2.75) is 20.8 Å². The quantitative estimate of drug-likeness (QED) is 0.534. The maximum absolute atomic E-state index is 5.36. The first-order valence-electron chi connectivity index (χ1n) is 3.50. The molecule has 4 heteroatoms. The van der Waals surface area contributed by atoms with Gasteiger partial charge in [0.25, 0.3) is 0 Å². The summed E-state index contributed by atoms with van der Waals surface area (Å²) in [5.74, 6) is 0. The lowest BCUT2D eigenvalue weighted by Crippen LogP contribution is -2.26. The highest BCUT2D eigenvalue weighted by molar-refractivity contribution is 8.21. The monoisotopic (exact) mass is 192 g/mol. The molecule has 0 aliphatic heterocycles. The summed E-state index contributed by atoms with van der Waals surface area (Å²) in [5.41, 5.74) is 5.66. The zero-order valence-corrected chi connectivity index (χ0v) is 9.18. The van der Waals surface area contributed by atoms with Gasteiger partial charge in [0.2, 0.25) is 0 Å². The van der Waals surface area contributed by atoms with E-state index in [1.807, 2.05) is 7.05 Å². The van der Waals surface area contributed by atoms with Crippen LogP contribution in [-0.4, -0.2) is 22.2 Å². The normalized spacial score (nSPS) is 12.1. The summed E-state index contributed by atoms with van der Waals surface area (Å²) in [6, 6.07) is 0. The minimum absolute atomic E-state index is 0.298. The van der Waals surface area contributed by atoms with Gasteiger partial charge in [-0.1, -0.05) is 33.0 Å². The van der Waals surface area contributed by atoms with E-state index in [1.165, 1.54) is 11.9 Å². The topological polar surface area (TPSA) is 29.3 Å². The summed E-state index contributed by atoms with van der Waals surface area (Å²) in [6.07, 6.45) is 0. The molecule has 0 heterocycles. The van der Waals surface area contributed by atoms with Crippen molar-refractivity contribution >= 4 is 28.5 Å². The minimum Gasteiger partial charge on any atom is -0.384 e. The first-order valence-corrected chi connectivity index (χ1v) is 4.68. The third-order valence-corrected chi connectivity index (χ3v) is 1.79. The molecule has 0 aliphatic carbocycles. The van der Waals surface area contributed by atoms with Crippen LogP contribution in [0.1, 0.15) is 20.8 Å². The highest BCUT2D eigenvalue weighted by Crippen LogP contribution is 2.18. The van der Waals surface area contributed by atoms with Crippen molar-refractivity contribution in [2.75, 3.05) is 13.6 Å². The number of nitrogens with two attached hydrogens (primary N) is 1. The van der Waals surface area contributed by atoms with Crippen LogP contribution in [0, 0.1) is 5.41 Å². The lowest BCUT2D eigenvalue weighted by Gasteiger charge is -2.24. The predicted octanol–water partition coefficient (Wildman–Crippen LogP) is 1.86. The molecule has 11 heavy (non-hydrogen) atoms. The van der Waals surface area contributed by atoms with Crippen LogP contribution >= 0.6 is 24.2 Å². The second kappa shape index (κ2) is 4.28. The van der Waals surface area contributed by atoms with Gasteiger partial charge < -0.3 is 5.73 Å². The van der Waals surface area contributed by atoms with Gasteiger partial charge in [0, 0.05) is 6.54 Å². The van der Waals surface area contributed by atoms with Gasteiger partial charge in [-0.25, -0.2) is 4.31 Å². The van der Waals surface area contributed by atoms with Gasteiger partial charge in [0.1, 0.15) is 4.32 Å². The summed E-state index contributed by atoms with van der Waals surface area (Å²) in [4.78, 5) is 0. The number of rotatable bonds is 2. The summed E-state index contributed by atoms with van der Waals surface area (Å²) in [7, 11) is 2.00. The van der Waals surface area contributed by atoms with E-state index in [1.54, 1.807) is 0 Å². The third kappa shape index (κ3) is 8.10. The molecule has 2 nitrogen and oxygen atoms in total. The van der Waals surface area contributed by atoms with Crippen molar-refractivity contribution < 1.29 is 0 Å². The van der Waals surface area contributed by atoms with Crippen LogP contribution in [0.15, 0.2) is 0 Å². The molecule has 0 aromatic carbocycles. The van der Waals surface area contributed by atoms with Crippen molar-refractivity contribution in [2.24, 2.45) is 11.1 Å². The number of hydrogen-bond acceptors (Lipinski definition) is 3. The molecule has 0 radical (unpaired) electrons. The number of thiocarbonyl (C=S) groups is 1. The van der Waals surface area contributed by atoms with E-state index >= 15 is 0 Å². The fraction of sp³-hybridized carbons (Fsp3) is 0.857. The van der Waals surface area contributed by atoms with Crippen LogP contribution in [0.25, 0.3) is 0 Å². The number of hydrogen-bond donors (Lipinski definition) is 1. The second-order valence-corrected chi connectivity index (χ2v) is 5.70. The van der Waals surface area contributed by atoms with E-state index in [0.717, 1.165) is 6.54 Å². The summed E-state index contributed by atoms with van der Waals surface area (Å²) < 4.78 is 2.54. The Morgan fingerprint density at radius 1 is 1.55 bits per heavy atom. The lowest BCUT2D eigenvalue weighted by molar-refractivity contribution is 0.330. The Labute approximate surface area is 78.6 Å². The standard InChI is InChI=1S/C7H16N2S2/c1-7(2,3)5-9(4)11-6(8)10/h5H2,1-4H3,(H2,8,10). The van der Waals surface area contributed by atoms with Crippen LogP contribution in [0.2, 0.25) is 0 Å². The van der Waals surface area contributed by atoms with Crippen molar-refractivity contribution in [3.8, 4) is 0 Å². The van der Waals surface area contributed by atoms with Crippen LogP contribution in [0.3, 0.4) is 0 Å². The highest BCUT2D eigenvalue weighted by Gasteiger charge is 2.13. The summed E-state index contributed by atoms with van der Waals surface area (Å²) >= 11 is 6.18. The Morgan fingerprint density at radius 2 is 2.00 bits per heavy atom. The van der Waals surface area contributed by atoms with Gasteiger partial charge in [-0.2, -0.15) is 0 Å². The molecule has 0 atom stereocenters. The Bertz CT molecular complexity index is 140. The Kier molecular flexibility index (Phi) is 4.36. The molecular formula is C7H16N2S2. The Hall–Kier alpha value is 0.200. The van der Waals surface area contributed by atoms with Crippen LogP contribution in [0.4, 0.5) is 0 Å². The van der Waals surface area contributed by atoms with E-state index in [2.05, 4.69) is 25.1 Å². The predicted molar refractivity (Wildman–Crippen MR) is 56.5 cm³/mol. The molecule has 0 rings (SSSR count). The molecule has 0 aromatic heterocycles. The molecule has 0 fully saturated rings. The fourth-order valence-electron chi connectivity index (χ4n) is 0.854. The number of nitrogens with zero attached hydrogens (tertiary/aromatic N) is 1. The van der Waals surface area contributed by atoms with E-state index in [-0.39, 0.29) is 0 Å². The molecule has 0 bridgehead atoms. The molecule has 0 saturated heterocycles. The molecule has 0 aromatic rings. The van der Waals surface area contributed by atoms with E-state index < -0.39 is 0 Å². The molecule has 0 saturated carbocycles.